The van der Waals surface area contributed by atoms with Gasteiger partial charge in [-0.15, -0.1) is 0 Å². The largest absolute Gasteiger partial charge is 0.483 e. The zero-order chi connectivity index (χ0) is 24.8. The summed E-state index contributed by atoms with van der Waals surface area (Å²) in [5.74, 6) is 0.442. The number of nitrogens with zero attached hydrogens (tertiary/aromatic N) is 2. The molecule has 3 aliphatic rings. The lowest BCUT2D eigenvalue weighted by Crippen LogP contribution is -2.49. The molecular formula is C25H39N3O6. The zero-order valence-electron chi connectivity index (χ0n) is 20.1. The van der Waals surface area contributed by atoms with E-state index >= 15 is 0 Å². The van der Waals surface area contributed by atoms with Gasteiger partial charge < -0.3 is 25.2 Å². The first kappa shape index (κ1) is 27.8. The molecule has 3 aliphatic heterocycles. The minimum absolute atomic E-state index is 0.181. The van der Waals surface area contributed by atoms with E-state index in [4.69, 9.17) is 24.5 Å². The molecule has 1 amide bonds. The third-order valence-corrected chi connectivity index (χ3v) is 6.74. The molecule has 4 rings (SSSR count). The maximum absolute atomic E-state index is 12.8. The molecule has 0 aromatic heterocycles. The maximum atomic E-state index is 12.8. The second-order valence-electron chi connectivity index (χ2n) is 9.03. The van der Waals surface area contributed by atoms with Gasteiger partial charge in [0.05, 0.1) is 0 Å². The molecule has 1 aromatic rings. The van der Waals surface area contributed by atoms with Crippen LogP contribution < -0.4 is 5.32 Å². The van der Waals surface area contributed by atoms with Crippen LogP contribution in [0, 0.1) is 5.92 Å². The van der Waals surface area contributed by atoms with Crippen LogP contribution in [0.4, 0.5) is 0 Å². The lowest BCUT2D eigenvalue weighted by molar-refractivity contribution is -0.127. The Hall–Kier alpha value is -2.49. The van der Waals surface area contributed by atoms with E-state index in [1.54, 1.807) is 0 Å². The Bertz CT molecular complexity index is 742. The Morgan fingerprint density at radius 2 is 1.65 bits per heavy atom. The van der Waals surface area contributed by atoms with Crippen molar-refractivity contribution in [2.24, 2.45) is 5.92 Å². The van der Waals surface area contributed by atoms with Gasteiger partial charge in [0, 0.05) is 50.8 Å². The second kappa shape index (κ2) is 15.4. The lowest BCUT2D eigenvalue weighted by atomic mass is 9.93. The highest BCUT2D eigenvalue weighted by molar-refractivity contribution is 5.79. The van der Waals surface area contributed by atoms with Crippen molar-refractivity contribution < 1.29 is 29.3 Å². The van der Waals surface area contributed by atoms with Crippen LogP contribution in [0.3, 0.4) is 0 Å². The summed E-state index contributed by atoms with van der Waals surface area (Å²) >= 11 is 0. The summed E-state index contributed by atoms with van der Waals surface area (Å²) in [4.78, 5) is 34.5. The molecule has 9 heteroatoms. The minimum atomic E-state index is -0.250. The highest BCUT2D eigenvalue weighted by Crippen LogP contribution is 2.24. The third kappa shape index (κ3) is 9.04. The molecule has 190 valence electrons. The van der Waals surface area contributed by atoms with Gasteiger partial charge >= 0.3 is 0 Å². The van der Waals surface area contributed by atoms with E-state index in [2.05, 4.69) is 46.3 Å². The number of fused-ring (bicyclic) bond motifs is 1. The average Bonchev–Trinajstić information content (AvgIpc) is 2.85. The Morgan fingerprint density at radius 3 is 2.26 bits per heavy atom. The number of carboxylic acid groups (broad SMARTS) is 2. The van der Waals surface area contributed by atoms with Crippen molar-refractivity contribution in [1.29, 1.82) is 0 Å². The summed E-state index contributed by atoms with van der Waals surface area (Å²) in [5.41, 5.74) is 2.92. The van der Waals surface area contributed by atoms with Crippen LogP contribution in [-0.4, -0.2) is 90.3 Å². The van der Waals surface area contributed by atoms with Gasteiger partial charge in [-0.2, -0.15) is 0 Å². The molecule has 2 fully saturated rings. The first-order chi connectivity index (χ1) is 16.5. The van der Waals surface area contributed by atoms with Crippen LogP contribution in [-0.2, 0) is 32.1 Å². The van der Waals surface area contributed by atoms with Gasteiger partial charge in [0.2, 0.25) is 5.91 Å². The fraction of sp³-hybridized carbons (Fsp3) is 0.640. The minimum Gasteiger partial charge on any atom is -0.483 e. The fourth-order valence-corrected chi connectivity index (χ4v) is 5.08. The first-order valence-corrected chi connectivity index (χ1v) is 12.1. The molecule has 34 heavy (non-hydrogen) atoms. The number of piperidine rings is 1. The summed E-state index contributed by atoms with van der Waals surface area (Å²) in [7, 11) is 0. The van der Waals surface area contributed by atoms with Crippen LogP contribution in [0.25, 0.3) is 0 Å². The number of hydrogen-bond acceptors (Lipinski definition) is 6. The standard InChI is InChI=1S/C23H35N3O2.2CH2O2/c1-18(16-25-11-6-19-4-2-3-5-21(19)17-25)24-23(27)20-7-12-26(13-8-20)22-9-14-28-15-10-22;2*2-1-3/h2-5,18,20,22H,6-17H2,1H3,(H,24,27);2*1H,(H,2,3). The SMILES string of the molecule is CC(CN1CCc2ccccc2C1)NC(=O)C1CCN(C2CCOCC2)CC1.O=CO.O=CO. The monoisotopic (exact) mass is 477 g/mol. The molecule has 1 unspecified atom stereocenters. The van der Waals surface area contributed by atoms with Gasteiger partial charge in [0.1, 0.15) is 0 Å². The lowest BCUT2D eigenvalue weighted by Gasteiger charge is -2.39. The van der Waals surface area contributed by atoms with Crippen molar-refractivity contribution in [3.63, 3.8) is 0 Å². The number of rotatable bonds is 5. The van der Waals surface area contributed by atoms with E-state index in [9.17, 15) is 4.79 Å². The zero-order valence-corrected chi connectivity index (χ0v) is 20.1. The van der Waals surface area contributed by atoms with Crippen molar-refractivity contribution in [1.82, 2.24) is 15.1 Å². The molecule has 0 saturated carbocycles. The van der Waals surface area contributed by atoms with E-state index in [1.807, 2.05) is 0 Å². The van der Waals surface area contributed by atoms with Crippen molar-refractivity contribution >= 4 is 18.9 Å². The maximum Gasteiger partial charge on any atom is 0.290 e. The summed E-state index contributed by atoms with van der Waals surface area (Å²) < 4.78 is 5.48. The van der Waals surface area contributed by atoms with E-state index in [0.29, 0.717) is 6.04 Å². The molecule has 0 bridgehead atoms. The number of benzene rings is 1. The third-order valence-electron chi connectivity index (χ3n) is 6.74. The Morgan fingerprint density at radius 1 is 1.06 bits per heavy atom. The highest BCUT2D eigenvalue weighted by Gasteiger charge is 2.30. The average molecular weight is 478 g/mol. The van der Waals surface area contributed by atoms with Gasteiger partial charge in [0.25, 0.3) is 12.9 Å². The van der Waals surface area contributed by atoms with Crippen molar-refractivity contribution in [3.8, 4) is 0 Å². The van der Waals surface area contributed by atoms with Gasteiger partial charge in [-0.05, 0) is 63.2 Å². The predicted molar refractivity (Wildman–Crippen MR) is 129 cm³/mol. The van der Waals surface area contributed by atoms with Crippen LogP contribution in [0.2, 0.25) is 0 Å². The van der Waals surface area contributed by atoms with Gasteiger partial charge in [0.15, 0.2) is 0 Å². The summed E-state index contributed by atoms with van der Waals surface area (Å²) in [6.45, 7) is 8.56. The molecule has 9 nitrogen and oxygen atoms in total. The van der Waals surface area contributed by atoms with Crippen LogP contribution in [0.1, 0.15) is 43.7 Å². The Kier molecular flexibility index (Phi) is 12.6. The molecule has 1 atom stereocenters. The van der Waals surface area contributed by atoms with Crippen molar-refractivity contribution in [2.75, 3.05) is 39.4 Å². The van der Waals surface area contributed by atoms with Crippen LogP contribution in [0.5, 0.6) is 0 Å². The molecule has 2 saturated heterocycles. The number of ether oxygens (including phenoxy) is 1. The molecular weight excluding hydrogens is 438 g/mol. The number of nitrogens with one attached hydrogen (secondary N) is 1. The predicted octanol–water partition coefficient (Wildman–Crippen LogP) is 1.84. The van der Waals surface area contributed by atoms with E-state index in [-0.39, 0.29) is 30.8 Å². The first-order valence-electron chi connectivity index (χ1n) is 12.1. The molecule has 0 aliphatic carbocycles. The van der Waals surface area contributed by atoms with Gasteiger partial charge in [-0.3, -0.25) is 19.3 Å². The van der Waals surface area contributed by atoms with Crippen LogP contribution in [0.15, 0.2) is 24.3 Å². The number of amides is 1. The fourth-order valence-electron chi connectivity index (χ4n) is 5.08. The molecule has 3 heterocycles. The van der Waals surface area contributed by atoms with E-state index in [1.165, 1.54) is 11.1 Å². The summed E-state index contributed by atoms with van der Waals surface area (Å²) in [6.07, 6.45) is 5.39. The van der Waals surface area contributed by atoms with Gasteiger partial charge in [-0.1, -0.05) is 24.3 Å². The molecule has 1 aromatic carbocycles. The molecule has 0 spiro atoms. The molecule has 0 radical (unpaired) electrons. The smallest absolute Gasteiger partial charge is 0.290 e. The number of hydrogen-bond donors (Lipinski definition) is 3. The van der Waals surface area contributed by atoms with Gasteiger partial charge in [-0.25, -0.2) is 0 Å². The summed E-state index contributed by atoms with van der Waals surface area (Å²) in [5, 5.41) is 17.1. The normalized spacial score (nSPS) is 20.4. The van der Waals surface area contributed by atoms with Crippen LogP contribution >= 0.6 is 0 Å². The van der Waals surface area contributed by atoms with Crippen molar-refractivity contribution in [2.45, 2.75) is 57.7 Å². The number of carbonyl (C=O) groups is 3. The van der Waals surface area contributed by atoms with Crippen molar-refractivity contribution in [3.05, 3.63) is 35.4 Å². The molecule has 3 N–H and O–H groups in total. The Labute approximate surface area is 202 Å². The number of likely N-dealkylation sites (tertiary alicyclic amines) is 1. The number of carbonyl (C=O) groups excluding carboxylic acids is 1. The highest BCUT2D eigenvalue weighted by atomic mass is 16.5. The van der Waals surface area contributed by atoms with E-state index < -0.39 is 0 Å². The topological polar surface area (TPSA) is 119 Å². The van der Waals surface area contributed by atoms with E-state index in [0.717, 1.165) is 78.0 Å². The Balaban J connectivity index is 0.000000618. The second-order valence-corrected chi connectivity index (χ2v) is 9.03. The quantitative estimate of drug-likeness (QED) is 0.550. The summed E-state index contributed by atoms with van der Waals surface area (Å²) in [6, 6.07) is 9.59.